The molecule has 1 aliphatic carbocycles. The number of rotatable bonds is 4. The first-order valence-corrected chi connectivity index (χ1v) is 14.1. The lowest BCUT2D eigenvalue weighted by Crippen LogP contribution is -2.49. The molecular weight excluding hydrogens is 506 g/mol. The lowest BCUT2D eigenvalue weighted by molar-refractivity contribution is -0.171. The van der Waals surface area contributed by atoms with Crippen molar-refractivity contribution in [2.24, 2.45) is 5.92 Å². The maximum Gasteiger partial charge on any atom is 0.348 e. The Morgan fingerprint density at radius 3 is 2.38 bits per heavy atom. The van der Waals surface area contributed by atoms with Gasteiger partial charge in [0.1, 0.15) is 24.1 Å². The van der Waals surface area contributed by atoms with Crippen molar-refractivity contribution in [3.8, 4) is 11.5 Å². The van der Waals surface area contributed by atoms with Gasteiger partial charge in [0.05, 0.1) is 0 Å². The van der Waals surface area contributed by atoms with Crippen molar-refractivity contribution in [3.05, 3.63) is 95.6 Å². The van der Waals surface area contributed by atoms with Crippen LogP contribution in [0.15, 0.2) is 78.9 Å². The fourth-order valence-corrected chi connectivity index (χ4v) is 5.36. The van der Waals surface area contributed by atoms with E-state index in [1.165, 1.54) is 0 Å². The maximum absolute atomic E-state index is 13.6. The van der Waals surface area contributed by atoms with Gasteiger partial charge in [-0.25, -0.2) is 9.59 Å². The Morgan fingerprint density at radius 1 is 0.825 bits per heavy atom. The number of esters is 2. The smallest absolute Gasteiger partial charge is 0.348 e. The van der Waals surface area contributed by atoms with Gasteiger partial charge in [0.25, 0.3) is 0 Å². The number of hydrogen-bond acceptors (Lipinski definition) is 6. The van der Waals surface area contributed by atoms with Crippen LogP contribution in [0.5, 0.6) is 11.5 Å². The number of aryl methyl sites for hydroxylation is 1. The summed E-state index contributed by atoms with van der Waals surface area (Å²) in [6, 6.07) is 23.5. The normalized spacial score (nSPS) is 20.5. The van der Waals surface area contributed by atoms with Crippen LogP contribution in [0, 0.1) is 5.92 Å². The maximum atomic E-state index is 13.6. The molecule has 0 saturated heterocycles. The Morgan fingerprint density at radius 2 is 1.60 bits per heavy atom. The molecule has 7 heteroatoms. The highest BCUT2D eigenvalue weighted by atomic mass is 16.6. The summed E-state index contributed by atoms with van der Waals surface area (Å²) in [5.74, 6) is -0.212. The summed E-state index contributed by atoms with van der Waals surface area (Å²) in [6.07, 6.45) is 4.44. The summed E-state index contributed by atoms with van der Waals surface area (Å²) in [7, 11) is 0. The monoisotopic (exact) mass is 541 g/mol. The number of hydrogen-bond donors (Lipinski definition) is 1. The summed E-state index contributed by atoms with van der Waals surface area (Å²) < 4.78 is 17.5. The molecule has 40 heavy (non-hydrogen) atoms. The molecule has 2 heterocycles. The van der Waals surface area contributed by atoms with E-state index in [0.717, 1.165) is 48.8 Å². The van der Waals surface area contributed by atoms with E-state index in [4.69, 9.17) is 14.2 Å². The van der Waals surface area contributed by atoms with E-state index < -0.39 is 24.1 Å². The van der Waals surface area contributed by atoms with E-state index in [0.29, 0.717) is 17.9 Å². The lowest BCUT2D eigenvalue weighted by atomic mass is 9.83. The summed E-state index contributed by atoms with van der Waals surface area (Å²) in [6.45, 7) is 0.0650. The Kier molecular flexibility index (Phi) is 9.11. The molecule has 0 radical (unpaired) electrons. The number of fused-ring (bicyclic) bond motifs is 10. The fourth-order valence-electron chi connectivity index (χ4n) is 5.36. The highest BCUT2D eigenvalue weighted by Crippen LogP contribution is 2.29. The Labute approximate surface area is 234 Å². The second-order valence-electron chi connectivity index (χ2n) is 10.6. The highest BCUT2D eigenvalue weighted by Gasteiger charge is 2.35. The molecule has 6 rings (SSSR count). The third-order valence-corrected chi connectivity index (χ3v) is 7.56. The average molecular weight is 542 g/mol. The zero-order valence-electron chi connectivity index (χ0n) is 22.6. The zero-order chi connectivity index (χ0) is 27.7. The molecule has 0 spiro atoms. The van der Waals surface area contributed by atoms with Crippen LogP contribution in [0.3, 0.4) is 0 Å². The first-order chi connectivity index (χ1) is 19.5. The summed E-state index contributed by atoms with van der Waals surface area (Å²) in [5, 5.41) is 2.95. The molecule has 4 bridgehead atoms. The van der Waals surface area contributed by atoms with E-state index in [1.54, 1.807) is 0 Å². The van der Waals surface area contributed by atoms with Crippen molar-refractivity contribution >= 4 is 17.8 Å². The molecule has 1 N–H and O–H groups in total. The quantitative estimate of drug-likeness (QED) is 0.427. The topological polar surface area (TPSA) is 90.9 Å². The first-order valence-electron chi connectivity index (χ1n) is 14.1. The van der Waals surface area contributed by atoms with E-state index in [2.05, 4.69) is 5.32 Å². The molecule has 1 amide bonds. The van der Waals surface area contributed by atoms with Crippen molar-refractivity contribution in [1.29, 1.82) is 0 Å². The van der Waals surface area contributed by atoms with E-state index in [9.17, 15) is 14.4 Å². The van der Waals surface area contributed by atoms with Gasteiger partial charge in [-0.15, -0.1) is 0 Å². The van der Waals surface area contributed by atoms with Crippen molar-refractivity contribution in [2.75, 3.05) is 0 Å². The molecule has 1 fully saturated rings. The predicted molar refractivity (Wildman–Crippen MR) is 150 cm³/mol. The van der Waals surface area contributed by atoms with Gasteiger partial charge in [0, 0.05) is 12.8 Å². The minimum atomic E-state index is -1.18. The third-order valence-electron chi connectivity index (χ3n) is 7.56. The summed E-state index contributed by atoms with van der Waals surface area (Å²) in [5.41, 5.74) is 2.59. The third kappa shape index (κ3) is 7.50. The Hall–Kier alpha value is -4.13. The van der Waals surface area contributed by atoms with Crippen molar-refractivity contribution in [3.63, 3.8) is 0 Å². The van der Waals surface area contributed by atoms with Gasteiger partial charge in [0.15, 0.2) is 0 Å². The van der Waals surface area contributed by atoms with Crippen LogP contribution in [-0.4, -0.2) is 30.0 Å². The van der Waals surface area contributed by atoms with Crippen molar-refractivity contribution in [2.45, 2.75) is 70.1 Å². The van der Waals surface area contributed by atoms with Gasteiger partial charge in [-0.05, 0) is 66.1 Å². The average Bonchev–Trinajstić information content (AvgIpc) is 2.99. The molecule has 3 aromatic carbocycles. The highest BCUT2D eigenvalue weighted by molar-refractivity contribution is 5.87. The molecular formula is C33H35NO6. The summed E-state index contributed by atoms with van der Waals surface area (Å²) in [4.78, 5) is 40.0. The van der Waals surface area contributed by atoms with Crippen LogP contribution in [0.2, 0.25) is 0 Å². The first kappa shape index (κ1) is 27.4. The number of carbonyl (C=O) groups is 3. The van der Waals surface area contributed by atoms with Gasteiger partial charge < -0.3 is 19.5 Å². The minimum Gasteiger partial charge on any atom is -0.458 e. The van der Waals surface area contributed by atoms with E-state index in [1.807, 2.05) is 78.9 Å². The van der Waals surface area contributed by atoms with Crippen LogP contribution >= 0.6 is 0 Å². The molecule has 2 atom stereocenters. The van der Waals surface area contributed by atoms with Gasteiger partial charge in [-0.1, -0.05) is 73.9 Å². The number of ether oxygens (including phenoxy) is 3. The summed E-state index contributed by atoms with van der Waals surface area (Å²) >= 11 is 0. The largest absolute Gasteiger partial charge is 0.458 e. The van der Waals surface area contributed by atoms with Crippen molar-refractivity contribution in [1.82, 2.24) is 5.32 Å². The van der Waals surface area contributed by atoms with Gasteiger partial charge in [-0.3, -0.25) is 4.79 Å². The fraction of sp³-hybridized carbons (Fsp3) is 0.364. The van der Waals surface area contributed by atoms with Crippen LogP contribution < -0.4 is 10.1 Å². The predicted octanol–water partition coefficient (Wildman–Crippen LogP) is 5.69. The number of carbonyl (C=O) groups excluding carboxylic acids is 3. The van der Waals surface area contributed by atoms with Crippen LogP contribution in [0.1, 0.15) is 55.2 Å². The molecule has 3 aromatic rings. The number of nitrogens with one attached hydrogen (secondary N) is 1. The molecule has 7 nitrogen and oxygen atoms in total. The molecule has 3 aliphatic rings. The standard InChI is InChI=1S/C33H35NO6/c35-30-19-16-23-14-17-27(18-15-23)39-28-13-7-10-25(20-28)21-29(32(36)38-22-24-8-3-1-4-9-24)40-33(37)31(34-30)26-11-5-2-6-12-26/h1,3-4,7-10,13-15,17-18,20,26,29,31H,2,5-6,11-12,16,19,21-22H2,(H,34,35). The SMILES string of the molecule is O=C1CCc2ccc(cc2)Oc2cccc(c2)CC(C(=O)OCc2ccccc2)OC(=O)C(C2CCCCC2)N1. The second-order valence-corrected chi connectivity index (χ2v) is 10.6. The molecule has 208 valence electrons. The minimum absolute atomic E-state index is 0.0377. The van der Waals surface area contributed by atoms with Crippen LogP contribution in [-0.2, 0) is 43.3 Å². The van der Waals surface area contributed by atoms with Gasteiger partial charge >= 0.3 is 11.9 Å². The van der Waals surface area contributed by atoms with Gasteiger partial charge in [0.2, 0.25) is 12.0 Å². The van der Waals surface area contributed by atoms with Crippen molar-refractivity contribution < 1.29 is 28.6 Å². The number of amides is 1. The Bertz CT molecular complexity index is 1300. The molecule has 0 aromatic heterocycles. The van der Waals surface area contributed by atoms with Crippen LogP contribution in [0.4, 0.5) is 0 Å². The molecule has 1 saturated carbocycles. The van der Waals surface area contributed by atoms with Crippen LogP contribution in [0.25, 0.3) is 0 Å². The second kappa shape index (κ2) is 13.3. The molecule has 2 aliphatic heterocycles. The van der Waals surface area contributed by atoms with E-state index in [-0.39, 0.29) is 31.3 Å². The lowest BCUT2D eigenvalue weighted by Gasteiger charge is -2.30. The molecule has 2 unspecified atom stereocenters. The zero-order valence-corrected chi connectivity index (χ0v) is 22.6. The van der Waals surface area contributed by atoms with E-state index >= 15 is 0 Å². The Balaban J connectivity index is 1.43. The van der Waals surface area contributed by atoms with Gasteiger partial charge in [-0.2, -0.15) is 0 Å². The number of benzene rings is 3.